The first-order valence-electron chi connectivity index (χ1n) is 5.59. The Morgan fingerprint density at radius 2 is 1.72 bits per heavy atom. The van der Waals surface area contributed by atoms with Crippen molar-refractivity contribution in [2.45, 2.75) is 6.92 Å². The minimum Gasteiger partial charge on any atom is -0.399 e. The maximum absolute atomic E-state index is 11.9. The first-order valence-corrected chi connectivity index (χ1v) is 5.59. The second-order valence-electron chi connectivity index (χ2n) is 4.15. The third-order valence-corrected chi connectivity index (χ3v) is 2.70. The predicted molar refractivity (Wildman–Crippen MR) is 74.4 cm³/mol. The maximum atomic E-state index is 11.9. The van der Waals surface area contributed by atoms with Crippen LogP contribution in [0.15, 0.2) is 42.5 Å². The summed E-state index contributed by atoms with van der Waals surface area (Å²) in [5, 5.41) is 2.81. The van der Waals surface area contributed by atoms with Gasteiger partial charge in [0.05, 0.1) is 0 Å². The zero-order chi connectivity index (χ0) is 13.1. The zero-order valence-corrected chi connectivity index (χ0v) is 10.1. The van der Waals surface area contributed by atoms with E-state index in [2.05, 4.69) is 5.32 Å². The molecule has 0 unspecified atom stereocenters. The quantitative estimate of drug-likeness (QED) is 0.706. The van der Waals surface area contributed by atoms with E-state index in [1.54, 1.807) is 36.4 Å². The van der Waals surface area contributed by atoms with Crippen molar-refractivity contribution in [1.82, 2.24) is 0 Å². The minimum absolute atomic E-state index is 0.167. The number of hydrogen-bond donors (Lipinski definition) is 3. The van der Waals surface area contributed by atoms with Crippen LogP contribution in [0, 0.1) is 6.92 Å². The molecule has 18 heavy (non-hydrogen) atoms. The van der Waals surface area contributed by atoms with Crippen molar-refractivity contribution in [2.24, 2.45) is 0 Å². The summed E-state index contributed by atoms with van der Waals surface area (Å²) in [7, 11) is 0. The number of carbonyl (C=O) groups is 1. The monoisotopic (exact) mass is 241 g/mol. The van der Waals surface area contributed by atoms with Gasteiger partial charge in [-0.05, 0) is 55.0 Å². The van der Waals surface area contributed by atoms with Gasteiger partial charge in [0, 0.05) is 22.6 Å². The fourth-order valence-electron chi connectivity index (χ4n) is 1.59. The Morgan fingerprint density at radius 3 is 2.33 bits per heavy atom. The van der Waals surface area contributed by atoms with Crippen molar-refractivity contribution in [3.63, 3.8) is 0 Å². The number of carbonyl (C=O) groups excluding carboxylic acids is 1. The van der Waals surface area contributed by atoms with E-state index in [0.717, 1.165) is 11.3 Å². The Bertz CT molecular complexity index is 576. The molecule has 2 aromatic carbocycles. The maximum Gasteiger partial charge on any atom is 0.255 e. The first-order chi connectivity index (χ1) is 8.56. The van der Waals surface area contributed by atoms with Crippen molar-refractivity contribution in [3.05, 3.63) is 53.6 Å². The lowest BCUT2D eigenvalue weighted by atomic mass is 10.1. The average molecular weight is 241 g/mol. The summed E-state index contributed by atoms with van der Waals surface area (Å²) in [6.45, 7) is 1.90. The molecule has 4 nitrogen and oxygen atoms in total. The Morgan fingerprint density at radius 1 is 1.06 bits per heavy atom. The highest BCUT2D eigenvalue weighted by atomic mass is 16.1. The molecule has 4 heteroatoms. The lowest BCUT2D eigenvalue weighted by molar-refractivity contribution is 0.102. The Labute approximate surface area is 106 Å². The van der Waals surface area contributed by atoms with Gasteiger partial charge in [0.1, 0.15) is 0 Å². The Hall–Kier alpha value is -2.49. The predicted octanol–water partition coefficient (Wildman–Crippen LogP) is 2.41. The molecule has 0 saturated carbocycles. The van der Waals surface area contributed by atoms with E-state index in [0.29, 0.717) is 16.9 Å². The van der Waals surface area contributed by atoms with Gasteiger partial charge in [-0.3, -0.25) is 4.79 Å². The van der Waals surface area contributed by atoms with Crippen molar-refractivity contribution < 1.29 is 4.79 Å². The van der Waals surface area contributed by atoms with E-state index in [1.807, 2.05) is 13.0 Å². The Kier molecular flexibility index (Phi) is 3.19. The van der Waals surface area contributed by atoms with E-state index in [9.17, 15) is 4.79 Å². The highest BCUT2D eigenvalue weighted by Gasteiger charge is 2.06. The normalized spacial score (nSPS) is 10.1. The van der Waals surface area contributed by atoms with Gasteiger partial charge < -0.3 is 16.8 Å². The number of amides is 1. The summed E-state index contributed by atoms with van der Waals surface area (Å²) in [6, 6.07) is 12.2. The lowest BCUT2D eigenvalue weighted by Crippen LogP contribution is -2.12. The molecule has 0 aromatic heterocycles. The third-order valence-electron chi connectivity index (χ3n) is 2.70. The summed E-state index contributed by atoms with van der Waals surface area (Å²) in [6.07, 6.45) is 0. The van der Waals surface area contributed by atoms with Gasteiger partial charge >= 0.3 is 0 Å². The molecule has 0 heterocycles. The SMILES string of the molecule is Cc1cc(NC(=O)c2ccc(N)cc2)ccc1N. The molecule has 0 spiro atoms. The molecule has 0 fully saturated rings. The second-order valence-corrected chi connectivity index (χ2v) is 4.15. The van der Waals surface area contributed by atoms with Gasteiger partial charge in [-0.1, -0.05) is 0 Å². The van der Waals surface area contributed by atoms with E-state index < -0.39 is 0 Å². The number of nitrogens with two attached hydrogens (primary N) is 2. The van der Waals surface area contributed by atoms with Gasteiger partial charge in [-0.2, -0.15) is 0 Å². The molecule has 92 valence electrons. The topological polar surface area (TPSA) is 81.1 Å². The lowest BCUT2D eigenvalue weighted by Gasteiger charge is -2.07. The third kappa shape index (κ3) is 2.60. The summed E-state index contributed by atoms with van der Waals surface area (Å²) >= 11 is 0. The number of benzene rings is 2. The van der Waals surface area contributed by atoms with Crippen molar-refractivity contribution >= 4 is 23.0 Å². The van der Waals surface area contributed by atoms with Crippen LogP contribution >= 0.6 is 0 Å². The van der Waals surface area contributed by atoms with E-state index in [-0.39, 0.29) is 5.91 Å². The smallest absolute Gasteiger partial charge is 0.255 e. The molecule has 0 saturated heterocycles. The molecule has 2 aromatic rings. The van der Waals surface area contributed by atoms with Crippen LogP contribution in [0.4, 0.5) is 17.1 Å². The van der Waals surface area contributed by atoms with Crippen molar-refractivity contribution in [1.29, 1.82) is 0 Å². The Balaban J connectivity index is 2.16. The van der Waals surface area contributed by atoms with Gasteiger partial charge in [-0.25, -0.2) is 0 Å². The molecular weight excluding hydrogens is 226 g/mol. The van der Waals surface area contributed by atoms with Crippen molar-refractivity contribution in [3.8, 4) is 0 Å². The van der Waals surface area contributed by atoms with Gasteiger partial charge in [0.25, 0.3) is 5.91 Å². The van der Waals surface area contributed by atoms with Crippen LogP contribution in [0.1, 0.15) is 15.9 Å². The average Bonchev–Trinajstić information content (AvgIpc) is 2.34. The van der Waals surface area contributed by atoms with Gasteiger partial charge in [-0.15, -0.1) is 0 Å². The summed E-state index contributed by atoms with van der Waals surface area (Å²) < 4.78 is 0. The van der Waals surface area contributed by atoms with E-state index in [1.165, 1.54) is 0 Å². The molecule has 0 aliphatic heterocycles. The second kappa shape index (κ2) is 4.79. The molecule has 0 aliphatic rings. The fraction of sp³-hybridized carbons (Fsp3) is 0.0714. The molecule has 0 aliphatic carbocycles. The standard InChI is InChI=1S/C14H15N3O/c1-9-8-12(6-7-13(9)16)17-14(18)10-2-4-11(15)5-3-10/h2-8H,15-16H2,1H3,(H,17,18). The molecule has 5 N–H and O–H groups in total. The largest absolute Gasteiger partial charge is 0.399 e. The van der Waals surface area contributed by atoms with Crippen LogP contribution in [0.25, 0.3) is 0 Å². The van der Waals surface area contributed by atoms with Crippen LogP contribution in [0.2, 0.25) is 0 Å². The molecule has 2 rings (SSSR count). The fourth-order valence-corrected chi connectivity index (χ4v) is 1.59. The molecule has 0 radical (unpaired) electrons. The first kappa shape index (κ1) is 12.0. The molecular formula is C14H15N3O. The molecule has 0 atom stereocenters. The van der Waals surface area contributed by atoms with Crippen LogP contribution in [-0.2, 0) is 0 Å². The summed E-state index contributed by atoms with van der Waals surface area (Å²) in [5.74, 6) is -0.167. The number of nitrogen functional groups attached to an aromatic ring is 2. The highest BCUT2D eigenvalue weighted by molar-refractivity contribution is 6.04. The number of aryl methyl sites for hydroxylation is 1. The van der Waals surface area contributed by atoms with Crippen molar-refractivity contribution in [2.75, 3.05) is 16.8 Å². The van der Waals surface area contributed by atoms with E-state index in [4.69, 9.17) is 11.5 Å². The number of nitrogens with one attached hydrogen (secondary N) is 1. The number of hydrogen-bond acceptors (Lipinski definition) is 3. The van der Waals surface area contributed by atoms with Gasteiger partial charge in [0.15, 0.2) is 0 Å². The summed E-state index contributed by atoms with van der Waals surface area (Å²) in [5.41, 5.74) is 14.9. The molecule has 1 amide bonds. The summed E-state index contributed by atoms with van der Waals surface area (Å²) in [4.78, 5) is 11.9. The highest BCUT2D eigenvalue weighted by Crippen LogP contribution is 2.17. The van der Waals surface area contributed by atoms with Crippen LogP contribution in [0.5, 0.6) is 0 Å². The minimum atomic E-state index is -0.167. The molecule has 0 bridgehead atoms. The van der Waals surface area contributed by atoms with Crippen LogP contribution in [-0.4, -0.2) is 5.91 Å². The zero-order valence-electron chi connectivity index (χ0n) is 10.1. The van der Waals surface area contributed by atoms with E-state index >= 15 is 0 Å². The van der Waals surface area contributed by atoms with Crippen LogP contribution in [0.3, 0.4) is 0 Å². The number of anilines is 3. The van der Waals surface area contributed by atoms with Crippen LogP contribution < -0.4 is 16.8 Å². The number of rotatable bonds is 2. The van der Waals surface area contributed by atoms with Gasteiger partial charge in [0.2, 0.25) is 0 Å².